The van der Waals surface area contributed by atoms with Crippen LogP contribution >= 0.6 is 0 Å². The van der Waals surface area contributed by atoms with Crippen molar-refractivity contribution in [2.75, 3.05) is 10.6 Å². The van der Waals surface area contributed by atoms with Crippen LogP contribution in [0.1, 0.15) is 18.1 Å². The highest BCUT2D eigenvalue weighted by atomic mass is 15.1. The Bertz CT molecular complexity index is 1050. The molecule has 5 nitrogen and oxygen atoms in total. The maximum atomic E-state index is 4.71. The zero-order chi connectivity index (χ0) is 19.9. The Morgan fingerprint density at radius 1 is 0.828 bits per heavy atom. The maximum Gasteiger partial charge on any atom is 0.225 e. The molecular formula is C24H23N5. The molecule has 0 saturated carbocycles. The van der Waals surface area contributed by atoms with E-state index in [9.17, 15) is 0 Å². The van der Waals surface area contributed by atoms with Gasteiger partial charge in [-0.2, -0.15) is 4.98 Å². The molecule has 0 spiro atoms. The third-order valence-electron chi connectivity index (χ3n) is 4.60. The summed E-state index contributed by atoms with van der Waals surface area (Å²) in [5.74, 6) is 1.32. The van der Waals surface area contributed by atoms with Gasteiger partial charge in [-0.3, -0.25) is 4.98 Å². The summed E-state index contributed by atoms with van der Waals surface area (Å²) in [5.41, 5.74) is 5.29. The van der Waals surface area contributed by atoms with Gasteiger partial charge in [-0.05, 0) is 35.7 Å². The Morgan fingerprint density at radius 2 is 1.66 bits per heavy atom. The maximum absolute atomic E-state index is 4.71. The fraction of sp³-hybridized carbons (Fsp3) is 0.125. The predicted octanol–water partition coefficient (Wildman–Crippen LogP) is 5.46. The van der Waals surface area contributed by atoms with Crippen LogP contribution in [0.15, 0.2) is 85.2 Å². The van der Waals surface area contributed by atoms with Crippen molar-refractivity contribution >= 4 is 17.5 Å². The van der Waals surface area contributed by atoms with Crippen LogP contribution in [-0.4, -0.2) is 15.0 Å². The number of anilines is 3. The van der Waals surface area contributed by atoms with Gasteiger partial charge in [0.2, 0.25) is 5.95 Å². The van der Waals surface area contributed by atoms with E-state index in [1.54, 1.807) is 6.20 Å². The van der Waals surface area contributed by atoms with E-state index < -0.39 is 0 Å². The Kier molecular flexibility index (Phi) is 5.76. The molecule has 0 amide bonds. The van der Waals surface area contributed by atoms with Gasteiger partial charge in [0.05, 0.1) is 5.69 Å². The van der Waals surface area contributed by atoms with Crippen molar-refractivity contribution in [2.24, 2.45) is 0 Å². The molecule has 0 aliphatic heterocycles. The second-order valence-corrected chi connectivity index (χ2v) is 6.72. The van der Waals surface area contributed by atoms with E-state index in [0.29, 0.717) is 12.5 Å². The molecule has 2 N–H and O–H groups in total. The van der Waals surface area contributed by atoms with Crippen LogP contribution in [0.2, 0.25) is 0 Å². The number of hydrogen-bond acceptors (Lipinski definition) is 5. The number of aromatic nitrogens is 3. The van der Waals surface area contributed by atoms with Crippen molar-refractivity contribution in [1.82, 2.24) is 15.0 Å². The summed E-state index contributed by atoms with van der Waals surface area (Å²) in [6.07, 6.45) is 4.62. The van der Waals surface area contributed by atoms with Crippen molar-refractivity contribution in [2.45, 2.75) is 19.9 Å². The van der Waals surface area contributed by atoms with Gasteiger partial charge >= 0.3 is 0 Å². The van der Waals surface area contributed by atoms with Crippen LogP contribution in [0.5, 0.6) is 0 Å². The number of rotatable bonds is 7. The monoisotopic (exact) mass is 381 g/mol. The molecule has 2 heterocycles. The van der Waals surface area contributed by atoms with E-state index in [2.05, 4.69) is 51.8 Å². The van der Waals surface area contributed by atoms with E-state index in [-0.39, 0.29) is 0 Å². The standard InChI is InChI=1S/C24H23N5/c1-2-18-10-12-21(13-11-18)27-23-15-22(20-8-4-3-5-9-20)28-24(29-23)26-17-19-7-6-14-25-16-19/h3-16H,2,17H2,1H3,(H2,26,27,28,29). The molecule has 4 rings (SSSR count). The lowest BCUT2D eigenvalue weighted by Gasteiger charge is -2.12. The molecule has 2 aromatic carbocycles. The average molecular weight is 381 g/mol. The number of aryl methyl sites for hydroxylation is 1. The molecule has 0 unspecified atom stereocenters. The Labute approximate surface area is 170 Å². The van der Waals surface area contributed by atoms with Crippen molar-refractivity contribution in [1.29, 1.82) is 0 Å². The largest absolute Gasteiger partial charge is 0.350 e. The van der Waals surface area contributed by atoms with Gasteiger partial charge in [0, 0.05) is 36.3 Å². The van der Waals surface area contributed by atoms with Crippen molar-refractivity contribution in [3.05, 3.63) is 96.3 Å². The normalized spacial score (nSPS) is 10.5. The second kappa shape index (κ2) is 8.97. The first-order valence-corrected chi connectivity index (χ1v) is 9.73. The predicted molar refractivity (Wildman–Crippen MR) is 118 cm³/mol. The van der Waals surface area contributed by atoms with Gasteiger partial charge in [0.25, 0.3) is 0 Å². The highest BCUT2D eigenvalue weighted by Crippen LogP contribution is 2.24. The van der Waals surface area contributed by atoms with Crippen molar-refractivity contribution in [3.8, 4) is 11.3 Å². The minimum atomic E-state index is 0.572. The van der Waals surface area contributed by atoms with E-state index in [4.69, 9.17) is 4.98 Å². The lowest BCUT2D eigenvalue weighted by Crippen LogP contribution is -2.06. The Balaban J connectivity index is 1.62. The van der Waals surface area contributed by atoms with Gasteiger partial charge in [-0.15, -0.1) is 0 Å². The van der Waals surface area contributed by atoms with E-state index in [1.165, 1.54) is 5.56 Å². The van der Waals surface area contributed by atoms with Gasteiger partial charge < -0.3 is 10.6 Å². The number of benzene rings is 2. The van der Waals surface area contributed by atoms with Crippen molar-refractivity contribution < 1.29 is 0 Å². The molecule has 0 fully saturated rings. The van der Waals surface area contributed by atoms with Crippen LogP contribution in [0, 0.1) is 0 Å². The minimum absolute atomic E-state index is 0.572. The zero-order valence-electron chi connectivity index (χ0n) is 16.3. The highest BCUT2D eigenvalue weighted by molar-refractivity contribution is 5.67. The molecule has 4 aromatic rings. The third-order valence-corrected chi connectivity index (χ3v) is 4.60. The van der Waals surface area contributed by atoms with E-state index >= 15 is 0 Å². The first-order chi connectivity index (χ1) is 14.3. The first kappa shape index (κ1) is 18.6. The van der Waals surface area contributed by atoms with Crippen LogP contribution in [0.25, 0.3) is 11.3 Å². The fourth-order valence-corrected chi connectivity index (χ4v) is 3.00. The first-order valence-electron chi connectivity index (χ1n) is 9.73. The lowest BCUT2D eigenvalue weighted by molar-refractivity contribution is 1.04. The number of nitrogens with one attached hydrogen (secondary N) is 2. The molecule has 0 bridgehead atoms. The highest BCUT2D eigenvalue weighted by Gasteiger charge is 2.08. The summed E-state index contributed by atoms with van der Waals surface area (Å²) in [7, 11) is 0. The summed E-state index contributed by atoms with van der Waals surface area (Å²) < 4.78 is 0. The Hall–Kier alpha value is -3.73. The van der Waals surface area contributed by atoms with E-state index in [0.717, 1.165) is 34.7 Å². The fourth-order valence-electron chi connectivity index (χ4n) is 3.00. The van der Waals surface area contributed by atoms with Gasteiger partial charge in [-0.25, -0.2) is 4.98 Å². The SMILES string of the molecule is CCc1ccc(Nc2cc(-c3ccccc3)nc(NCc3cccnc3)n2)cc1. The van der Waals surface area contributed by atoms with Gasteiger partial charge in [0.15, 0.2) is 0 Å². The topological polar surface area (TPSA) is 62.7 Å². The Morgan fingerprint density at radius 3 is 2.38 bits per heavy atom. The van der Waals surface area contributed by atoms with Crippen LogP contribution < -0.4 is 10.6 Å². The van der Waals surface area contributed by atoms with Crippen LogP contribution in [-0.2, 0) is 13.0 Å². The summed E-state index contributed by atoms with van der Waals surface area (Å²) in [5, 5.41) is 6.71. The van der Waals surface area contributed by atoms with Gasteiger partial charge in [-0.1, -0.05) is 55.5 Å². The average Bonchev–Trinajstić information content (AvgIpc) is 2.79. The van der Waals surface area contributed by atoms with Gasteiger partial charge in [0.1, 0.15) is 5.82 Å². The lowest BCUT2D eigenvalue weighted by atomic mass is 10.1. The minimum Gasteiger partial charge on any atom is -0.350 e. The zero-order valence-corrected chi connectivity index (χ0v) is 16.3. The summed E-state index contributed by atoms with van der Waals surface area (Å²) >= 11 is 0. The van der Waals surface area contributed by atoms with Crippen LogP contribution in [0.4, 0.5) is 17.5 Å². The second-order valence-electron chi connectivity index (χ2n) is 6.72. The number of nitrogens with zero attached hydrogens (tertiary/aromatic N) is 3. The molecule has 5 heteroatoms. The molecular weight excluding hydrogens is 358 g/mol. The number of pyridine rings is 1. The molecule has 2 aromatic heterocycles. The molecule has 0 saturated heterocycles. The quantitative estimate of drug-likeness (QED) is 0.445. The summed E-state index contributed by atoms with van der Waals surface area (Å²) in [6.45, 7) is 2.76. The molecule has 0 radical (unpaired) electrons. The molecule has 29 heavy (non-hydrogen) atoms. The third kappa shape index (κ3) is 4.96. The van der Waals surface area contributed by atoms with Crippen LogP contribution in [0.3, 0.4) is 0 Å². The van der Waals surface area contributed by atoms with E-state index in [1.807, 2.05) is 54.7 Å². The molecule has 0 aliphatic carbocycles. The number of hydrogen-bond donors (Lipinski definition) is 2. The summed E-state index contributed by atoms with van der Waals surface area (Å²) in [4.78, 5) is 13.5. The smallest absolute Gasteiger partial charge is 0.225 e. The van der Waals surface area contributed by atoms with Crippen molar-refractivity contribution in [3.63, 3.8) is 0 Å². The molecule has 0 atom stereocenters. The molecule has 144 valence electrons. The summed E-state index contributed by atoms with van der Waals surface area (Å²) in [6, 6.07) is 24.4. The molecule has 0 aliphatic rings.